The molecule has 0 unspecified atom stereocenters. The number of fused-ring (bicyclic) bond motifs is 1. The Morgan fingerprint density at radius 2 is 1.79 bits per heavy atom. The van der Waals surface area contributed by atoms with Crippen LogP contribution in [-0.2, 0) is 13.0 Å². The minimum Gasteiger partial charge on any atom is -0.493 e. The van der Waals surface area contributed by atoms with E-state index in [1.807, 2.05) is 24.3 Å². The van der Waals surface area contributed by atoms with E-state index in [1.54, 1.807) is 24.3 Å². The molecule has 0 aliphatic heterocycles. The molecule has 0 aliphatic rings. The zero-order chi connectivity index (χ0) is 23.2. The predicted octanol–water partition coefficient (Wildman–Crippen LogP) is 5.75. The van der Waals surface area contributed by atoms with Crippen molar-refractivity contribution in [3.63, 3.8) is 0 Å². The molecule has 4 aromatic rings. The number of benzene rings is 3. The number of carbonyl (C=O) groups is 1. The third-order valence-electron chi connectivity index (χ3n) is 5.64. The van der Waals surface area contributed by atoms with Crippen molar-refractivity contribution in [1.29, 1.82) is 0 Å². The van der Waals surface area contributed by atoms with Crippen LogP contribution in [0.5, 0.6) is 5.75 Å². The smallest absolute Gasteiger partial charge is 0.251 e. The lowest BCUT2D eigenvalue weighted by Gasteiger charge is -2.13. The Kier molecular flexibility index (Phi) is 7.30. The Morgan fingerprint density at radius 3 is 2.58 bits per heavy atom. The first-order valence-electron chi connectivity index (χ1n) is 11.2. The molecule has 170 valence electrons. The van der Waals surface area contributed by atoms with Crippen LogP contribution in [0.25, 0.3) is 11.0 Å². The average molecular weight is 462 g/mol. The van der Waals surface area contributed by atoms with Gasteiger partial charge >= 0.3 is 0 Å². The molecule has 0 aliphatic carbocycles. The molecule has 1 amide bonds. The van der Waals surface area contributed by atoms with Crippen molar-refractivity contribution in [2.24, 2.45) is 0 Å². The number of nitrogens with zero attached hydrogens (tertiary/aromatic N) is 2. The molecule has 6 heteroatoms. The van der Waals surface area contributed by atoms with Crippen molar-refractivity contribution in [2.75, 3.05) is 13.2 Å². The summed E-state index contributed by atoms with van der Waals surface area (Å²) in [5.74, 6) is 1.79. The maximum absolute atomic E-state index is 12.4. The Morgan fingerprint density at radius 1 is 1.03 bits per heavy atom. The van der Waals surface area contributed by atoms with Gasteiger partial charge in [0, 0.05) is 30.1 Å². The second-order valence-corrected chi connectivity index (χ2v) is 8.54. The Balaban J connectivity index is 1.39. The van der Waals surface area contributed by atoms with Crippen LogP contribution in [0.3, 0.4) is 0 Å². The molecular formula is C27H28ClN3O2. The number of nitrogens with one attached hydrogen (secondary N) is 1. The minimum atomic E-state index is -0.137. The van der Waals surface area contributed by atoms with Crippen molar-refractivity contribution in [2.45, 2.75) is 33.2 Å². The number of hydrogen-bond donors (Lipinski definition) is 1. The van der Waals surface area contributed by atoms with Crippen LogP contribution >= 0.6 is 11.6 Å². The van der Waals surface area contributed by atoms with E-state index >= 15 is 0 Å². The van der Waals surface area contributed by atoms with E-state index in [0.29, 0.717) is 30.2 Å². The van der Waals surface area contributed by atoms with Crippen LogP contribution in [0.2, 0.25) is 5.02 Å². The third kappa shape index (κ3) is 5.55. The fourth-order valence-electron chi connectivity index (χ4n) is 4.01. The van der Waals surface area contributed by atoms with Crippen molar-refractivity contribution in [3.05, 3.63) is 94.3 Å². The first-order valence-corrected chi connectivity index (χ1v) is 11.6. The highest BCUT2D eigenvalue weighted by molar-refractivity contribution is 6.30. The zero-order valence-corrected chi connectivity index (χ0v) is 19.7. The summed E-state index contributed by atoms with van der Waals surface area (Å²) in [4.78, 5) is 17.2. The third-order valence-corrected chi connectivity index (χ3v) is 5.87. The van der Waals surface area contributed by atoms with E-state index in [2.05, 4.69) is 41.9 Å². The highest BCUT2D eigenvalue weighted by atomic mass is 35.5. The highest BCUT2D eigenvalue weighted by Crippen LogP contribution is 2.23. The summed E-state index contributed by atoms with van der Waals surface area (Å²) in [6.45, 7) is 6.06. The van der Waals surface area contributed by atoms with Gasteiger partial charge in [-0.25, -0.2) is 4.98 Å². The molecule has 0 fully saturated rings. The topological polar surface area (TPSA) is 56.1 Å². The van der Waals surface area contributed by atoms with E-state index in [-0.39, 0.29) is 5.91 Å². The molecule has 5 nitrogen and oxygen atoms in total. The number of hydrogen-bond acceptors (Lipinski definition) is 3. The molecule has 0 saturated heterocycles. The lowest BCUT2D eigenvalue weighted by atomic mass is 10.1. The number of carbonyl (C=O) groups excluding carboxylic acids is 1. The number of aromatic nitrogens is 2. The van der Waals surface area contributed by atoms with Gasteiger partial charge in [0.2, 0.25) is 0 Å². The molecule has 0 bridgehead atoms. The van der Waals surface area contributed by atoms with Gasteiger partial charge < -0.3 is 14.6 Å². The van der Waals surface area contributed by atoms with Crippen LogP contribution in [0.1, 0.15) is 33.7 Å². The number of imidazole rings is 1. The first-order chi connectivity index (χ1) is 16.0. The zero-order valence-electron chi connectivity index (χ0n) is 19.0. The van der Waals surface area contributed by atoms with Gasteiger partial charge in [-0.1, -0.05) is 48.0 Å². The number of rotatable bonds is 9. The van der Waals surface area contributed by atoms with Crippen LogP contribution < -0.4 is 10.1 Å². The average Bonchev–Trinajstić information content (AvgIpc) is 3.15. The lowest BCUT2D eigenvalue weighted by Crippen LogP contribution is -2.26. The van der Waals surface area contributed by atoms with Gasteiger partial charge in [0.05, 0.1) is 17.6 Å². The molecule has 4 rings (SSSR count). The summed E-state index contributed by atoms with van der Waals surface area (Å²) in [5, 5.41) is 3.52. The van der Waals surface area contributed by atoms with E-state index in [1.165, 1.54) is 0 Å². The van der Waals surface area contributed by atoms with Crippen molar-refractivity contribution >= 4 is 28.5 Å². The van der Waals surface area contributed by atoms with Gasteiger partial charge in [-0.2, -0.15) is 0 Å². The maximum Gasteiger partial charge on any atom is 0.251 e. The minimum absolute atomic E-state index is 0.137. The summed E-state index contributed by atoms with van der Waals surface area (Å²) in [6.07, 6.45) is 1.49. The van der Waals surface area contributed by atoms with Gasteiger partial charge in [0.1, 0.15) is 11.6 Å². The van der Waals surface area contributed by atoms with Gasteiger partial charge in [0.25, 0.3) is 5.91 Å². The normalized spacial score (nSPS) is 11.0. The second kappa shape index (κ2) is 10.5. The summed E-state index contributed by atoms with van der Waals surface area (Å²) in [6, 6.07) is 21.3. The molecule has 1 N–H and O–H groups in total. The number of amides is 1. The predicted molar refractivity (Wildman–Crippen MR) is 133 cm³/mol. The van der Waals surface area contributed by atoms with Crippen molar-refractivity contribution < 1.29 is 9.53 Å². The molecule has 0 atom stereocenters. The summed E-state index contributed by atoms with van der Waals surface area (Å²) >= 11 is 6.00. The first kappa shape index (κ1) is 22.9. The number of ether oxygens (including phenoxy) is 1. The Hall–Kier alpha value is -3.31. The Labute approximate surface area is 199 Å². The van der Waals surface area contributed by atoms with Crippen molar-refractivity contribution in [1.82, 2.24) is 14.9 Å². The van der Waals surface area contributed by atoms with Crippen LogP contribution in [-0.4, -0.2) is 28.6 Å². The lowest BCUT2D eigenvalue weighted by molar-refractivity contribution is 0.0954. The molecule has 1 heterocycles. The van der Waals surface area contributed by atoms with Gasteiger partial charge in [-0.15, -0.1) is 0 Å². The van der Waals surface area contributed by atoms with E-state index in [9.17, 15) is 4.79 Å². The monoisotopic (exact) mass is 461 g/mol. The van der Waals surface area contributed by atoms with Gasteiger partial charge in [-0.3, -0.25) is 4.79 Å². The maximum atomic E-state index is 12.4. The molecule has 0 spiro atoms. The summed E-state index contributed by atoms with van der Waals surface area (Å²) in [5.41, 5.74) is 4.92. The van der Waals surface area contributed by atoms with Gasteiger partial charge in [0.15, 0.2) is 0 Å². The molecule has 3 aromatic carbocycles. The molecule has 1 aromatic heterocycles. The largest absolute Gasteiger partial charge is 0.493 e. The number of para-hydroxylation sites is 3. The van der Waals surface area contributed by atoms with Crippen LogP contribution in [0.4, 0.5) is 0 Å². The quantitative estimate of drug-likeness (QED) is 0.323. The van der Waals surface area contributed by atoms with E-state index in [0.717, 1.165) is 46.7 Å². The van der Waals surface area contributed by atoms with Gasteiger partial charge in [-0.05, 0) is 61.7 Å². The summed E-state index contributed by atoms with van der Waals surface area (Å²) < 4.78 is 8.32. The Bertz CT molecular complexity index is 1250. The fourth-order valence-corrected chi connectivity index (χ4v) is 4.20. The van der Waals surface area contributed by atoms with E-state index < -0.39 is 0 Å². The molecule has 0 radical (unpaired) electrons. The molecule has 0 saturated carbocycles. The van der Waals surface area contributed by atoms with Crippen LogP contribution in [0.15, 0.2) is 66.7 Å². The van der Waals surface area contributed by atoms with Crippen molar-refractivity contribution in [3.8, 4) is 5.75 Å². The second-order valence-electron chi connectivity index (χ2n) is 8.11. The number of aryl methyl sites for hydroxylation is 3. The van der Waals surface area contributed by atoms with Crippen LogP contribution in [0, 0.1) is 13.8 Å². The standard InChI is InChI=1S/C27H28ClN3O2/c1-19-8-5-9-20(2)26(19)33-17-7-16-31-24-13-4-3-12-23(24)30-25(31)14-15-29-27(32)21-10-6-11-22(28)18-21/h3-6,8-13,18H,7,14-17H2,1-2H3,(H,29,32). The SMILES string of the molecule is Cc1cccc(C)c1OCCCn1c(CCNC(=O)c2cccc(Cl)c2)nc2ccccc21. The highest BCUT2D eigenvalue weighted by Gasteiger charge is 2.12. The fraction of sp³-hybridized carbons (Fsp3) is 0.259. The van der Waals surface area contributed by atoms with E-state index in [4.69, 9.17) is 21.3 Å². The summed E-state index contributed by atoms with van der Waals surface area (Å²) in [7, 11) is 0. The molecular weight excluding hydrogens is 434 g/mol. The molecule has 33 heavy (non-hydrogen) atoms. The number of halogens is 1.